The lowest BCUT2D eigenvalue weighted by molar-refractivity contribution is -0.138. The number of nitrogens with one attached hydrogen (secondary N) is 1. The summed E-state index contributed by atoms with van der Waals surface area (Å²) in [7, 11) is 0. The van der Waals surface area contributed by atoms with Gasteiger partial charge in [-0.2, -0.15) is 13.2 Å². The molecule has 1 atom stereocenters. The second kappa shape index (κ2) is 10.6. The zero-order valence-electron chi connectivity index (χ0n) is 18.9. The van der Waals surface area contributed by atoms with Gasteiger partial charge in [0.15, 0.2) is 0 Å². The van der Waals surface area contributed by atoms with Crippen molar-refractivity contribution in [1.29, 1.82) is 0 Å². The molecule has 1 fully saturated rings. The van der Waals surface area contributed by atoms with Crippen molar-refractivity contribution in [3.63, 3.8) is 0 Å². The number of hydrogen-bond acceptors (Lipinski definition) is 4. The number of carbonyl (C=O) groups is 3. The number of benzene rings is 2. The summed E-state index contributed by atoms with van der Waals surface area (Å²) >= 11 is 0. The first-order valence-electron chi connectivity index (χ1n) is 10.9. The Bertz CT molecular complexity index is 1060. The number of ether oxygens (including phenoxy) is 1. The summed E-state index contributed by atoms with van der Waals surface area (Å²) in [5.41, 5.74) is -0.782. The smallest absolute Gasteiger partial charge is 0.418 e. The van der Waals surface area contributed by atoms with Crippen molar-refractivity contribution in [3.8, 4) is 5.75 Å². The first-order chi connectivity index (χ1) is 16.2. The van der Waals surface area contributed by atoms with Gasteiger partial charge in [0.2, 0.25) is 17.7 Å². The van der Waals surface area contributed by atoms with Crippen molar-refractivity contribution in [3.05, 3.63) is 54.1 Å². The molecular weight excluding hydrogens is 451 g/mol. The molecule has 0 radical (unpaired) electrons. The Morgan fingerprint density at radius 2 is 1.79 bits per heavy atom. The van der Waals surface area contributed by atoms with Gasteiger partial charge < -0.3 is 19.9 Å². The van der Waals surface area contributed by atoms with Crippen LogP contribution in [0.15, 0.2) is 48.5 Å². The molecule has 0 spiro atoms. The lowest BCUT2D eigenvalue weighted by Crippen LogP contribution is -2.42. The maximum Gasteiger partial charge on any atom is 0.418 e. The quantitative estimate of drug-likeness (QED) is 0.625. The van der Waals surface area contributed by atoms with Gasteiger partial charge in [0, 0.05) is 19.5 Å². The Hall–Kier alpha value is -3.56. The van der Waals surface area contributed by atoms with Crippen molar-refractivity contribution in [2.45, 2.75) is 26.4 Å². The van der Waals surface area contributed by atoms with Gasteiger partial charge in [-0.15, -0.1) is 0 Å². The maximum atomic E-state index is 13.2. The third kappa shape index (κ3) is 5.67. The molecule has 2 aromatic rings. The fourth-order valence-corrected chi connectivity index (χ4v) is 3.87. The molecule has 1 aliphatic rings. The number of nitrogens with zero attached hydrogens (tertiary/aromatic N) is 2. The number of amides is 3. The zero-order valence-corrected chi connectivity index (χ0v) is 18.9. The molecule has 1 aliphatic heterocycles. The molecule has 1 heterocycles. The zero-order chi connectivity index (χ0) is 24.9. The van der Waals surface area contributed by atoms with E-state index in [1.54, 1.807) is 31.2 Å². The van der Waals surface area contributed by atoms with Crippen LogP contribution in [0.2, 0.25) is 0 Å². The van der Waals surface area contributed by atoms with Crippen LogP contribution >= 0.6 is 0 Å². The highest BCUT2D eigenvalue weighted by atomic mass is 19.4. The number of para-hydroxylation sites is 3. The van der Waals surface area contributed by atoms with Crippen LogP contribution in [0.3, 0.4) is 0 Å². The number of likely N-dealkylation sites (N-methyl/N-ethyl adjacent to an activating group) is 1. The predicted molar refractivity (Wildman–Crippen MR) is 120 cm³/mol. The van der Waals surface area contributed by atoms with E-state index in [-0.39, 0.29) is 31.1 Å². The molecule has 0 aliphatic carbocycles. The highest BCUT2D eigenvalue weighted by Crippen LogP contribution is 2.35. The number of alkyl halides is 3. The molecular formula is C24H26F3N3O4. The monoisotopic (exact) mass is 477 g/mol. The van der Waals surface area contributed by atoms with Gasteiger partial charge in [0.25, 0.3) is 0 Å². The van der Waals surface area contributed by atoms with Crippen LogP contribution in [0.4, 0.5) is 24.5 Å². The molecule has 0 aromatic heterocycles. The van der Waals surface area contributed by atoms with Crippen LogP contribution in [-0.4, -0.2) is 48.9 Å². The lowest BCUT2D eigenvalue weighted by atomic mass is 10.1. The Balaban J connectivity index is 1.69. The maximum absolute atomic E-state index is 13.2. The Labute approximate surface area is 195 Å². The normalized spacial score (nSPS) is 15.9. The molecule has 0 bridgehead atoms. The topological polar surface area (TPSA) is 79.0 Å². The van der Waals surface area contributed by atoms with Crippen LogP contribution in [0.1, 0.15) is 25.8 Å². The second-order valence-corrected chi connectivity index (χ2v) is 7.75. The van der Waals surface area contributed by atoms with Gasteiger partial charge in [-0.1, -0.05) is 24.3 Å². The standard InChI is InChI=1S/C24H26F3N3O4/c1-3-29(15-21(31)28-18-10-6-5-9-17(18)24(25,26)27)23(33)16-13-22(32)30(14-16)19-11-7-8-12-20(19)34-4-2/h5-12,16H,3-4,13-15H2,1-2H3,(H,28,31). The van der Waals surface area contributed by atoms with Crippen LogP contribution < -0.4 is 15.0 Å². The fraction of sp³-hybridized carbons (Fsp3) is 0.375. The van der Waals surface area contributed by atoms with E-state index in [0.717, 1.165) is 12.1 Å². The van der Waals surface area contributed by atoms with E-state index in [0.29, 0.717) is 18.0 Å². The van der Waals surface area contributed by atoms with E-state index in [1.165, 1.54) is 21.9 Å². The van der Waals surface area contributed by atoms with Crippen molar-refractivity contribution < 1.29 is 32.3 Å². The third-order valence-electron chi connectivity index (χ3n) is 5.46. The fourth-order valence-electron chi connectivity index (χ4n) is 3.87. The average Bonchev–Trinajstić information content (AvgIpc) is 3.18. The number of carbonyl (C=O) groups excluding carboxylic acids is 3. The van der Waals surface area contributed by atoms with E-state index in [9.17, 15) is 27.6 Å². The highest BCUT2D eigenvalue weighted by Gasteiger charge is 2.38. The van der Waals surface area contributed by atoms with Gasteiger partial charge in [-0.25, -0.2) is 0 Å². The summed E-state index contributed by atoms with van der Waals surface area (Å²) in [6.45, 7) is 3.75. The molecule has 1 N–H and O–H groups in total. The largest absolute Gasteiger partial charge is 0.492 e. The summed E-state index contributed by atoms with van der Waals surface area (Å²) in [5.74, 6) is -1.56. The van der Waals surface area contributed by atoms with Crippen LogP contribution in [0, 0.1) is 5.92 Å². The molecule has 7 nitrogen and oxygen atoms in total. The van der Waals surface area contributed by atoms with E-state index >= 15 is 0 Å². The summed E-state index contributed by atoms with van der Waals surface area (Å²) in [6.07, 6.45) is -4.66. The van der Waals surface area contributed by atoms with Crippen LogP contribution in [0.5, 0.6) is 5.75 Å². The van der Waals surface area contributed by atoms with Crippen molar-refractivity contribution in [2.75, 3.05) is 36.5 Å². The summed E-state index contributed by atoms with van der Waals surface area (Å²) in [4.78, 5) is 41.0. The van der Waals surface area contributed by atoms with Gasteiger partial charge >= 0.3 is 6.18 Å². The molecule has 34 heavy (non-hydrogen) atoms. The van der Waals surface area contributed by atoms with Gasteiger partial charge in [0.05, 0.1) is 36.0 Å². The van der Waals surface area contributed by atoms with Gasteiger partial charge in [-0.05, 0) is 38.1 Å². The van der Waals surface area contributed by atoms with Crippen LogP contribution in [-0.2, 0) is 20.6 Å². The van der Waals surface area contributed by atoms with E-state index in [2.05, 4.69) is 5.32 Å². The molecule has 182 valence electrons. The van der Waals surface area contributed by atoms with Gasteiger partial charge in [0.1, 0.15) is 5.75 Å². The number of halogens is 3. The van der Waals surface area contributed by atoms with Crippen molar-refractivity contribution >= 4 is 29.1 Å². The molecule has 2 aromatic carbocycles. The lowest BCUT2D eigenvalue weighted by Gasteiger charge is -2.24. The molecule has 3 rings (SSSR count). The SMILES string of the molecule is CCOc1ccccc1N1CC(C(=O)N(CC)CC(=O)Nc2ccccc2C(F)(F)F)CC1=O. The third-order valence-corrected chi connectivity index (χ3v) is 5.46. The number of rotatable bonds is 8. The second-order valence-electron chi connectivity index (χ2n) is 7.75. The Kier molecular flexibility index (Phi) is 7.80. The summed E-state index contributed by atoms with van der Waals surface area (Å²) < 4.78 is 45.1. The van der Waals surface area contributed by atoms with Gasteiger partial charge in [-0.3, -0.25) is 14.4 Å². The number of hydrogen-bond donors (Lipinski definition) is 1. The molecule has 10 heteroatoms. The Morgan fingerprint density at radius 3 is 2.47 bits per heavy atom. The minimum atomic E-state index is -4.63. The summed E-state index contributed by atoms with van der Waals surface area (Å²) in [5, 5.41) is 2.25. The Morgan fingerprint density at radius 1 is 1.12 bits per heavy atom. The molecule has 1 saturated heterocycles. The first-order valence-corrected chi connectivity index (χ1v) is 10.9. The highest BCUT2D eigenvalue weighted by molar-refractivity contribution is 6.02. The van der Waals surface area contributed by atoms with E-state index in [1.807, 2.05) is 6.92 Å². The molecule has 0 saturated carbocycles. The average molecular weight is 477 g/mol. The molecule has 3 amide bonds. The molecule has 1 unspecified atom stereocenters. The van der Waals surface area contributed by atoms with Crippen LogP contribution in [0.25, 0.3) is 0 Å². The minimum Gasteiger partial charge on any atom is -0.492 e. The number of anilines is 2. The van der Waals surface area contributed by atoms with Crippen molar-refractivity contribution in [1.82, 2.24) is 4.90 Å². The van der Waals surface area contributed by atoms with E-state index < -0.39 is 36.0 Å². The minimum absolute atomic E-state index is 0.0334. The predicted octanol–water partition coefficient (Wildman–Crippen LogP) is 3.94. The van der Waals surface area contributed by atoms with Crippen molar-refractivity contribution in [2.24, 2.45) is 5.92 Å². The van der Waals surface area contributed by atoms with E-state index in [4.69, 9.17) is 4.74 Å². The summed E-state index contributed by atoms with van der Waals surface area (Å²) in [6, 6.07) is 11.7. The first kappa shape index (κ1) is 25.1.